The van der Waals surface area contributed by atoms with Crippen molar-refractivity contribution in [3.63, 3.8) is 0 Å². The lowest BCUT2D eigenvalue weighted by molar-refractivity contribution is 0.851. The van der Waals surface area contributed by atoms with Crippen molar-refractivity contribution in [3.05, 3.63) is 58.1 Å². The highest BCUT2D eigenvalue weighted by molar-refractivity contribution is 5.37. The molecule has 1 aromatic heterocycles. The fraction of sp³-hybridized carbons (Fsp3) is 0.286. The summed E-state index contributed by atoms with van der Waals surface area (Å²) < 4.78 is 0. The standard InChI is InChI=1S/C14H17N3O/c1-3-12-16-13(9-14(18)17-12)15-10(2)11-7-5-4-6-8-11/h4-10H,3H2,1-2H3,(H2,15,16,17,18). The Labute approximate surface area is 106 Å². The summed E-state index contributed by atoms with van der Waals surface area (Å²) in [6, 6.07) is 11.7. The van der Waals surface area contributed by atoms with Crippen LogP contribution in [0.1, 0.15) is 31.3 Å². The fourth-order valence-electron chi connectivity index (χ4n) is 1.80. The minimum absolute atomic E-state index is 0.116. The third-order valence-corrected chi connectivity index (χ3v) is 2.79. The predicted molar refractivity (Wildman–Crippen MR) is 72.7 cm³/mol. The number of aromatic nitrogens is 2. The quantitative estimate of drug-likeness (QED) is 0.867. The van der Waals surface area contributed by atoms with Crippen molar-refractivity contribution in [3.8, 4) is 0 Å². The second-order valence-corrected chi connectivity index (χ2v) is 4.21. The molecule has 0 bridgehead atoms. The first kappa shape index (κ1) is 12.4. The van der Waals surface area contributed by atoms with Gasteiger partial charge in [-0.25, -0.2) is 4.98 Å². The molecule has 0 fully saturated rings. The van der Waals surface area contributed by atoms with Gasteiger partial charge >= 0.3 is 0 Å². The number of aryl methyl sites for hydroxylation is 1. The number of nitrogens with zero attached hydrogens (tertiary/aromatic N) is 1. The number of benzene rings is 1. The lowest BCUT2D eigenvalue weighted by atomic mass is 10.1. The highest BCUT2D eigenvalue weighted by atomic mass is 16.1. The van der Waals surface area contributed by atoms with Crippen molar-refractivity contribution >= 4 is 5.82 Å². The molecule has 0 aliphatic rings. The third-order valence-electron chi connectivity index (χ3n) is 2.79. The molecule has 0 aliphatic carbocycles. The summed E-state index contributed by atoms with van der Waals surface area (Å²) in [6.45, 7) is 4.01. The summed E-state index contributed by atoms with van der Waals surface area (Å²) in [4.78, 5) is 18.5. The monoisotopic (exact) mass is 243 g/mol. The molecule has 0 spiro atoms. The van der Waals surface area contributed by atoms with Gasteiger partial charge in [0, 0.05) is 18.5 Å². The molecule has 2 aromatic rings. The van der Waals surface area contributed by atoms with Gasteiger partial charge in [0.25, 0.3) is 5.56 Å². The molecule has 1 heterocycles. The van der Waals surface area contributed by atoms with Gasteiger partial charge in [-0.2, -0.15) is 0 Å². The normalized spacial score (nSPS) is 12.1. The SMILES string of the molecule is CCc1nc(NC(C)c2ccccc2)cc(=O)[nH]1. The zero-order chi connectivity index (χ0) is 13.0. The van der Waals surface area contributed by atoms with Crippen molar-refractivity contribution in [1.29, 1.82) is 0 Å². The van der Waals surface area contributed by atoms with Crippen LogP contribution in [0, 0.1) is 0 Å². The van der Waals surface area contributed by atoms with E-state index < -0.39 is 0 Å². The van der Waals surface area contributed by atoms with E-state index in [1.165, 1.54) is 6.07 Å². The van der Waals surface area contributed by atoms with Gasteiger partial charge in [0.1, 0.15) is 11.6 Å². The van der Waals surface area contributed by atoms with Crippen molar-refractivity contribution in [2.75, 3.05) is 5.32 Å². The van der Waals surface area contributed by atoms with E-state index in [4.69, 9.17) is 0 Å². The summed E-state index contributed by atoms with van der Waals surface area (Å²) in [5.74, 6) is 1.32. The zero-order valence-electron chi connectivity index (χ0n) is 10.6. The van der Waals surface area contributed by atoms with Gasteiger partial charge in [0.05, 0.1) is 0 Å². The summed E-state index contributed by atoms with van der Waals surface area (Å²) in [7, 11) is 0. The molecule has 0 saturated carbocycles. The molecule has 2 N–H and O–H groups in total. The number of aromatic amines is 1. The Bertz CT molecular complexity index is 563. The zero-order valence-corrected chi connectivity index (χ0v) is 10.6. The van der Waals surface area contributed by atoms with E-state index in [2.05, 4.69) is 15.3 Å². The van der Waals surface area contributed by atoms with Gasteiger partial charge in [-0.1, -0.05) is 37.3 Å². The van der Waals surface area contributed by atoms with Crippen LogP contribution in [0.15, 0.2) is 41.2 Å². The number of anilines is 1. The van der Waals surface area contributed by atoms with E-state index in [0.717, 1.165) is 5.56 Å². The second kappa shape index (κ2) is 5.49. The maximum atomic E-state index is 11.5. The van der Waals surface area contributed by atoms with Crippen LogP contribution in [0.3, 0.4) is 0 Å². The largest absolute Gasteiger partial charge is 0.363 e. The highest BCUT2D eigenvalue weighted by Gasteiger charge is 2.06. The molecule has 1 atom stereocenters. The topological polar surface area (TPSA) is 57.8 Å². The molecular formula is C14H17N3O. The van der Waals surface area contributed by atoms with Gasteiger partial charge in [-0.05, 0) is 12.5 Å². The van der Waals surface area contributed by atoms with E-state index in [1.54, 1.807) is 0 Å². The summed E-state index contributed by atoms with van der Waals surface area (Å²) >= 11 is 0. The first-order chi connectivity index (χ1) is 8.69. The van der Waals surface area contributed by atoms with Crippen LogP contribution in [-0.2, 0) is 6.42 Å². The van der Waals surface area contributed by atoms with Crippen LogP contribution in [-0.4, -0.2) is 9.97 Å². The van der Waals surface area contributed by atoms with Crippen molar-refractivity contribution in [1.82, 2.24) is 9.97 Å². The second-order valence-electron chi connectivity index (χ2n) is 4.21. The minimum Gasteiger partial charge on any atom is -0.363 e. The van der Waals surface area contributed by atoms with E-state index in [-0.39, 0.29) is 11.6 Å². The lowest BCUT2D eigenvalue weighted by Gasteiger charge is -2.15. The smallest absolute Gasteiger partial charge is 0.252 e. The molecule has 18 heavy (non-hydrogen) atoms. The Morgan fingerprint density at radius 1 is 1.33 bits per heavy atom. The van der Waals surface area contributed by atoms with Gasteiger partial charge in [0.2, 0.25) is 0 Å². The van der Waals surface area contributed by atoms with Gasteiger partial charge in [-0.15, -0.1) is 0 Å². The Hall–Kier alpha value is -2.10. The molecule has 0 radical (unpaired) electrons. The van der Waals surface area contributed by atoms with Gasteiger partial charge in [0.15, 0.2) is 0 Å². The molecule has 94 valence electrons. The highest BCUT2D eigenvalue weighted by Crippen LogP contribution is 2.16. The van der Waals surface area contributed by atoms with Crippen molar-refractivity contribution in [2.24, 2.45) is 0 Å². The summed E-state index contributed by atoms with van der Waals surface area (Å²) in [5, 5.41) is 3.24. The molecule has 0 amide bonds. The minimum atomic E-state index is -0.121. The Balaban J connectivity index is 2.19. The van der Waals surface area contributed by atoms with Crippen LogP contribution < -0.4 is 10.9 Å². The molecule has 0 aliphatic heterocycles. The van der Waals surface area contributed by atoms with Crippen LogP contribution >= 0.6 is 0 Å². The van der Waals surface area contributed by atoms with Crippen molar-refractivity contribution in [2.45, 2.75) is 26.3 Å². The van der Waals surface area contributed by atoms with Crippen LogP contribution in [0.5, 0.6) is 0 Å². The van der Waals surface area contributed by atoms with E-state index >= 15 is 0 Å². The average molecular weight is 243 g/mol. The number of H-pyrrole nitrogens is 1. The molecule has 1 unspecified atom stereocenters. The number of rotatable bonds is 4. The summed E-state index contributed by atoms with van der Waals surface area (Å²) in [5.41, 5.74) is 1.04. The Morgan fingerprint density at radius 3 is 2.72 bits per heavy atom. The molecule has 1 aromatic carbocycles. The van der Waals surface area contributed by atoms with Crippen LogP contribution in [0.25, 0.3) is 0 Å². The molecule has 2 rings (SSSR count). The number of hydrogen-bond acceptors (Lipinski definition) is 3. The first-order valence-electron chi connectivity index (χ1n) is 6.10. The van der Waals surface area contributed by atoms with Gasteiger partial charge in [-0.3, -0.25) is 4.79 Å². The lowest BCUT2D eigenvalue weighted by Crippen LogP contribution is -2.15. The third kappa shape index (κ3) is 2.97. The molecule has 4 heteroatoms. The van der Waals surface area contributed by atoms with Crippen LogP contribution in [0.4, 0.5) is 5.82 Å². The first-order valence-corrected chi connectivity index (χ1v) is 6.10. The maximum Gasteiger partial charge on any atom is 0.252 e. The fourth-order valence-corrected chi connectivity index (χ4v) is 1.80. The maximum absolute atomic E-state index is 11.5. The Kier molecular flexibility index (Phi) is 3.77. The molecular weight excluding hydrogens is 226 g/mol. The van der Waals surface area contributed by atoms with Gasteiger partial charge < -0.3 is 10.3 Å². The van der Waals surface area contributed by atoms with Crippen LogP contribution in [0.2, 0.25) is 0 Å². The average Bonchev–Trinajstić information content (AvgIpc) is 2.39. The van der Waals surface area contributed by atoms with E-state index in [1.807, 2.05) is 44.2 Å². The number of hydrogen-bond donors (Lipinski definition) is 2. The van der Waals surface area contributed by atoms with E-state index in [9.17, 15) is 4.79 Å². The number of nitrogens with one attached hydrogen (secondary N) is 2. The summed E-state index contributed by atoms with van der Waals surface area (Å²) in [6.07, 6.45) is 0.713. The van der Waals surface area contributed by atoms with E-state index in [0.29, 0.717) is 18.1 Å². The Morgan fingerprint density at radius 2 is 2.06 bits per heavy atom. The molecule has 0 saturated heterocycles. The predicted octanol–water partition coefficient (Wildman–Crippen LogP) is 2.51. The van der Waals surface area contributed by atoms with Crippen molar-refractivity contribution < 1.29 is 0 Å². The molecule has 4 nitrogen and oxygen atoms in total.